The van der Waals surface area contributed by atoms with Crippen LogP contribution in [0.4, 0.5) is 5.82 Å². The van der Waals surface area contributed by atoms with Gasteiger partial charge in [-0.3, -0.25) is 4.98 Å². The number of aromatic nitrogens is 2. The van der Waals surface area contributed by atoms with Crippen molar-refractivity contribution in [1.29, 1.82) is 0 Å². The number of nitrogens with one attached hydrogen (secondary N) is 1. The van der Waals surface area contributed by atoms with Gasteiger partial charge in [-0.25, -0.2) is 4.98 Å². The number of phenols is 1. The van der Waals surface area contributed by atoms with Crippen LogP contribution in [0.25, 0.3) is 0 Å². The van der Waals surface area contributed by atoms with E-state index in [4.69, 9.17) is 0 Å². The first-order valence-corrected chi connectivity index (χ1v) is 6.38. The van der Waals surface area contributed by atoms with Crippen molar-refractivity contribution in [3.8, 4) is 5.75 Å². The van der Waals surface area contributed by atoms with Crippen LogP contribution in [-0.2, 0) is 0 Å². The van der Waals surface area contributed by atoms with Crippen LogP contribution in [0, 0.1) is 13.8 Å². The Morgan fingerprint density at radius 3 is 2.47 bits per heavy atom. The number of phenolic OH excluding ortho intramolecular Hbond substituents is 1. The fourth-order valence-electron chi connectivity index (χ4n) is 2.04. The van der Waals surface area contributed by atoms with Crippen molar-refractivity contribution in [3.05, 3.63) is 47.4 Å². The minimum atomic E-state index is 0.333. The molecule has 0 spiro atoms. The molecule has 1 heterocycles. The third kappa shape index (κ3) is 3.22. The van der Waals surface area contributed by atoms with E-state index in [0.29, 0.717) is 11.7 Å². The van der Waals surface area contributed by atoms with E-state index in [-0.39, 0.29) is 0 Å². The molecule has 0 aliphatic carbocycles. The summed E-state index contributed by atoms with van der Waals surface area (Å²) < 4.78 is 0. The number of benzene rings is 1. The summed E-state index contributed by atoms with van der Waals surface area (Å²) in [6.07, 6.45) is 5.03. The minimum Gasteiger partial charge on any atom is -0.507 e. The van der Waals surface area contributed by atoms with Gasteiger partial charge in [0.1, 0.15) is 11.6 Å². The lowest BCUT2D eigenvalue weighted by molar-refractivity contribution is 0.466. The molecule has 1 unspecified atom stereocenters. The minimum absolute atomic E-state index is 0.333. The highest BCUT2D eigenvalue weighted by atomic mass is 16.3. The molecule has 100 valence electrons. The Balaban J connectivity index is 2.06. The Morgan fingerprint density at radius 2 is 1.89 bits per heavy atom. The van der Waals surface area contributed by atoms with Gasteiger partial charge in [0.2, 0.25) is 0 Å². The van der Waals surface area contributed by atoms with Crippen molar-refractivity contribution >= 4 is 5.82 Å². The Hall–Kier alpha value is -2.10. The van der Waals surface area contributed by atoms with E-state index in [2.05, 4.69) is 22.2 Å². The Labute approximate surface area is 113 Å². The average Bonchev–Trinajstić information content (AvgIpc) is 2.42. The van der Waals surface area contributed by atoms with Crippen molar-refractivity contribution in [2.45, 2.75) is 26.7 Å². The molecule has 2 rings (SSSR count). The average molecular weight is 257 g/mol. The van der Waals surface area contributed by atoms with Crippen molar-refractivity contribution in [3.63, 3.8) is 0 Å². The second kappa shape index (κ2) is 5.69. The van der Waals surface area contributed by atoms with Gasteiger partial charge in [0.25, 0.3) is 0 Å². The first-order chi connectivity index (χ1) is 9.08. The predicted octanol–water partition coefficient (Wildman–Crippen LogP) is 3.01. The molecular weight excluding hydrogens is 238 g/mol. The van der Waals surface area contributed by atoms with Gasteiger partial charge in [0, 0.05) is 18.9 Å². The zero-order valence-corrected chi connectivity index (χ0v) is 11.5. The van der Waals surface area contributed by atoms with Gasteiger partial charge < -0.3 is 10.4 Å². The number of nitrogens with zero attached hydrogens (tertiary/aromatic N) is 2. The maximum Gasteiger partial charge on any atom is 0.144 e. The Morgan fingerprint density at radius 1 is 1.21 bits per heavy atom. The van der Waals surface area contributed by atoms with Crippen LogP contribution in [0.1, 0.15) is 29.5 Å². The van der Waals surface area contributed by atoms with E-state index in [0.717, 1.165) is 23.5 Å². The standard InChI is InChI=1S/C15H19N3O/c1-10-6-13(7-11(2)15(10)19)12(3)8-18-14-9-16-4-5-17-14/h4-7,9,12,19H,8H2,1-3H3,(H,17,18). The van der Waals surface area contributed by atoms with E-state index in [9.17, 15) is 5.11 Å². The summed E-state index contributed by atoms with van der Waals surface area (Å²) in [6, 6.07) is 4.07. The highest BCUT2D eigenvalue weighted by Crippen LogP contribution is 2.27. The van der Waals surface area contributed by atoms with Gasteiger partial charge >= 0.3 is 0 Å². The predicted molar refractivity (Wildman–Crippen MR) is 76.5 cm³/mol. The first-order valence-electron chi connectivity index (χ1n) is 6.38. The molecule has 2 aromatic rings. The lowest BCUT2D eigenvalue weighted by atomic mass is 9.96. The van der Waals surface area contributed by atoms with Gasteiger partial charge in [-0.1, -0.05) is 19.1 Å². The van der Waals surface area contributed by atoms with E-state index < -0.39 is 0 Å². The molecule has 0 amide bonds. The van der Waals surface area contributed by atoms with Gasteiger partial charge in [0.15, 0.2) is 0 Å². The molecule has 0 aliphatic rings. The molecule has 4 heteroatoms. The Kier molecular flexibility index (Phi) is 4.00. The SMILES string of the molecule is Cc1cc(C(C)CNc2cnccn2)cc(C)c1O. The van der Waals surface area contributed by atoms with E-state index in [1.54, 1.807) is 18.6 Å². The van der Waals surface area contributed by atoms with Crippen LogP contribution in [0.15, 0.2) is 30.7 Å². The van der Waals surface area contributed by atoms with Crippen LogP contribution in [0.2, 0.25) is 0 Å². The second-order valence-electron chi connectivity index (χ2n) is 4.88. The van der Waals surface area contributed by atoms with E-state index in [1.807, 2.05) is 26.0 Å². The maximum atomic E-state index is 9.79. The van der Waals surface area contributed by atoms with Crippen LogP contribution in [-0.4, -0.2) is 21.6 Å². The lowest BCUT2D eigenvalue weighted by Crippen LogP contribution is -2.11. The lowest BCUT2D eigenvalue weighted by Gasteiger charge is -2.15. The smallest absolute Gasteiger partial charge is 0.144 e. The quantitative estimate of drug-likeness (QED) is 0.884. The molecule has 0 saturated heterocycles. The summed E-state index contributed by atoms with van der Waals surface area (Å²) in [4.78, 5) is 8.20. The molecule has 1 atom stereocenters. The second-order valence-corrected chi connectivity index (χ2v) is 4.88. The fraction of sp³-hybridized carbons (Fsp3) is 0.333. The summed E-state index contributed by atoms with van der Waals surface area (Å²) in [5, 5.41) is 13.0. The molecule has 0 radical (unpaired) electrons. The highest BCUT2D eigenvalue weighted by Gasteiger charge is 2.10. The molecule has 0 saturated carbocycles. The summed E-state index contributed by atoms with van der Waals surface area (Å²) in [5.74, 6) is 1.50. The van der Waals surface area contributed by atoms with Crippen LogP contribution in [0.5, 0.6) is 5.75 Å². The zero-order valence-electron chi connectivity index (χ0n) is 11.5. The van der Waals surface area contributed by atoms with Gasteiger partial charge in [-0.05, 0) is 36.5 Å². The molecule has 1 aromatic carbocycles. The molecule has 0 fully saturated rings. The summed E-state index contributed by atoms with van der Waals surface area (Å²) in [6.45, 7) is 6.78. The number of aryl methyl sites for hydroxylation is 2. The van der Waals surface area contributed by atoms with E-state index >= 15 is 0 Å². The maximum absolute atomic E-state index is 9.79. The van der Waals surface area contributed by atoms with Gasteiger partial charge in [0.05, 0.1) is 6.20 Å². The first kappa shape index (κ1) is 13.3. The molecular formula is C15H19N3O. The number of anilines is 1. The number of hydrogen-bond acceptors (Lipinski definition) is 4. The normalized spacial score (nSPS) is 12.2. The summed E-state index contributed by atoms with van der Waals surface area (Å²) in [7, 11) is 0. The molecule has 4 nitrogen and oxygen atoms in total. The fourth-order valence-corrected chi connectivity index (χ4v) is 2.04. The van der Waals surface area contributed by atoms with Crippen molar-refractivity contribution in [2.75, 3.05) is 11.9 Å². The molecule has 0 aliphatic heterocycles. The third-order valence-electron chi connectivity index (χ3n) is 3.23. The molecule has 2 N–H and O–H groups in total. The summed E-state index contributed by atoms with van der Waals surface area (Å²) >= 11 is 0. The number of aromatic hydroxyl groups is 1. The topological polar surface area (TPSA) is 58.0 Å². The number of rotatable bonds is 4. The number of hydrogen-bond donors (Lipinski definition) is 2. The zero-order chi connectivity index (χ0) is 13.8. The van der Waals surface area contributed by atoms with Crippen LogP contribution < -0.4 is 5.32 Å². The Bertz CT molecular complexity index is 532. The van der Waals surface area contributed by atoms with Gasteiger partial charge in [-0.15, -0.1) is 0 Å². The van der Waals surface area contributed by atoms with Crippen LogP contribution in [0.3, 0.4) is 0 Å². The highest BCUT2D eigenvalue weighted by molar-refractivity contribution is 5.43. The van der Waals surface area contributed by atoms with Crippen molar-refractivity contribution < 1.29 is 5.11 Å². The molecule has 19 heavy (non-hydrogen) atoms. The monoisotopic (exact) mass is 257 g/mol. The molecule has 1 aromatic heterocycles. The van der Waals surface area contributed by atoms with Crippen LogP contribution >= 0.6 is 0 Å². The van der Waals surface area contributed by atoms with Crippen molar-refractivity contribution in [2.24, 2.45) is 0 Å². The van der Waals surface area contributed by atoms with Gasteiger partial charge in [-0.2, -0.15) is 0 Å². The summed E-state index contributed by atoms with van der Waals surface area (Å²) in [5.41, 5.74) is 3.05. The van der Waals surface area contributed by atoms with E-state index in [1.165, 1.54) is 5.56 Å². The third-order valence-corrected chi connectivity index (χ3v) is 3.23. The largest absolute Gasteiger partial charge is 0.507 e. The van der Waals surface area contributed by atoms with Crippen molar-refractivity contribution in [1.82, 2.24) is 9.97 Å². The molecule has 0 bridgehead atoms.